The second-order valence-electron chi connectivity index (χ2n) is 6.15. The Kier molecular flexibility index (Phi) is 3.88. The van der Waals surface area contributed by atoms with Gasteiger partial charge in [0.05, 0.1) is 17.2 Å². The number of ether oxygens (including phenoxy) is 1. The van der Waals surface area contributed by atoms with E-state index in [1.807, 2.05) is 54.6 Å². The molecule has 1 aromatic heterocycles. The van der Waals surface area contributed by atoms with Gasteiger partial charge in [0.25, 0.3) is 5.91 Å². The van der Waals surface area contributed by atoms with E-state index in [2.05, 4.69) is 0 Å². The first-order valence-corrected chi connectivity index (χ1v) is 9.61. The number of para-hydroxylation sites is 2. The summed E-state index contributed by atoms with van der Waals surface area (Å²) in [6.07, 6.45) is 3.31. The van der Waals surface area contributed by atoms with Crippen molar-refractivity contribution in [1.29, 1.82) is 0 Å². The predicted molar refractivity (Wildman–Crippen MR) is 109 cm³/mol. The molecular weight excluding hydrogens is 378 g/mol. The lowest BCUT2D eigenvalue weighted by Crippen LogP contribution is -2.34. The minimum atomic E-state index is -0.318. The van der Waals surface area contributed by atoms with Gasteiger partial charge in [0.2, 0.25) is 0 Å². The zero-order chi connectivity index (χ0) is 18.4. The van der Waals surface area contributed by atoms with Crippen molar-refractivity contribution >= 4 is 40.3 Å². The van der Waals surface area contributed by atoms with Crippen LogP contribution < -0.4 is 4.74 Å². The lowest BCUT2D eigenvalue weighted by molar-refractivity contribution is -0.123. The van der Waals surface area contributed by atoms with Gasteiger partial charge in [-0.05, 0) is 24.3 Å². The minimum absolute atomic E-state index is 0.127. The van der Waals surface area contributed by atoms with Crippen LogP contribution in [0, 0.1) is 0 Å². The number of furan rings is 1. The number of hydrogen-bond donors (Lipinski definition) is 0. The largest absolute Gasteiger partial charge is 0.465 e. The lowest BCUT2D eigenvalue weighted by Gasteiger charge is -2.33. The number of carbonyl (C=O) groups is 1. The topological polar surface area (TPSA) is 42.7 Å². The van der Waals surface area contributed by atoms with Crippen LogP contribution in [0.2, 0.25) is 0 Å². The van der Waals surface area contributed by atoms with E-state index in [0.29, 0.717) is 15.0 Å². The fourth-order valence-electron chi connectivity index (χ4n) is 3.37. The van der Waals surface area contributed by atoms with Crippen LogP contribution >= 0.6 is 24.0 Å². The molecule has 0 N–H and O–H groups in total. The third-order valence-corrected chi connectivity index (χ3v) is 5.88. The molecule has 27 heavy (non-hydrogen) atoms. The highest BCUT2D eigenvalue weighted by molar-refractivity contribution is 8.26. The van der Waals surface area contributed by atoms with Crippen molar-refractivity contribution in [1.82, 2.24) is 4.90 Å². The van der Waals surface area contributed by atoms with Gasteiger partial charge >= 0.3 is 0 Å². The van der Waals surface area contributed by atoms with Crippen molar-refractivity contribution in [2.75, 3.05) is 0 Å². The van der Waals surface area contributed by atoms with Crippen LogP contribution in [0.4, 0.5) is 0 Å². The molecule has 0 unspecified atom stereocenters. The Morgan fingerprint density at radius 1 is 0.963 bits per heavy atom. The van der Waals surface area contributed by atoms with Crippen LogP contribution in [-0.2, 0) is 4.79 Å². The third-order valence-electron chi connectivity index (χ3n) is 4.55. The quantitative estimate of drug-likeness (QED) is 0.434. The second-order valence-corrected chi connectivity index (χ2v) is 7.82. The molecule has 1 saturated heterocycles. The van der Waals surface area contributed by atoms with Gasteiger partial charge in [-0.25, -0.2) is 0 Å². The first-order chi connectivity index (χ1) is 13.2. The van der Waals surface area contributed by atoms with Gasteiger partial charge in [0.1, 0.15) is 21.6 Å². The normalized spacial score (nSPS) is 17.8. The fourth-order valence-corrected chi connectivity index (χ4v) is 4.66. The number of thiocarbonyl (C=S) groups is 1. The molecule has 1 amide bonds. The fraction of sp³-hybridized carbons (Fsp3) is 0.0476. The molecule has 3 heterocycles. The van der Waals surface area contributed by atoms with E-state index in [1.165, 1.54) is 11.8 Å². The van der Waals surface area contributed by atoms with E-state index < -0.39 is 0 Å². The Morgan fingerprint density at radius 3 is 2.26 bits per heavy atom. The summed E-state index contributed by atoms with van der Waals surface area (Å²) in [5, 5.41) is 0. The van der Waals surface area contributed by atoms with Gasteiger partial charge in [-0.15, -0.1) is 0 Å². The zero-order valence-electron chi connectivity index (χ0n) is 14.0. The van der Waals surface area contributed by atoms with Crippen LogP contribution in [0.1, 0.15) is 22.9 Å². The molecule has 0 radical (unpaired) electrons. The Bertz CT molecular complexity index is 1040. The molecule has 5 rings (SSSR count). The number of fused-ring (bicyclic) bond motifs is 2. The number of carbonyl (C=O) groups excluding carboxylic acids is 1. The smallest absolute Gasteiger partial charge is 0.267 e. The van der Waals surface area contributed by atoms with Crippen molar-refractivity contribution < 1.29 is 13.9 Å². The molecule has 0 bridgehead atoms. The first-order valence-electron chi connectivity index (χ1n) is 8.38. The summed E-state index contributed by atoms with van der Waals surface area (Å²) in [7, 11) is 0. The van der Waals surface area contributed by atoms with E-state index >= 15 is 0 Å². The Hall–Kier alpha value is -2.83. The maximum absolute atomic E-state index is 13.2. The molecule has 2 aromatic carbocycles. The van der Waals surface area contributed by atoms with E-state index in [9.17, 15) is 4.79 Å². The van der Waals surface area contributed by atoms with Crippen LogP contribution in [0.15, 0.2) is 76.2 Å². The van der Waals surface area contributed by atoms with Crippen LogP contribution in [-0.4, -0.2) is 15.1 Å². The number of thioether (sulfide) groups is 1. The van der Waals surface area contributed by atoms with Crippen LogP contribution in [0.3, 0.4) is 0 Å². The average molecular weight is 391 g/mol. The molecular formula is C21H13NO3S2. The highest BCUT2D eigenvalue weighted by Gasteiger charge is 2.42. The zero-order valence-corrected chi connectivity index (χ0v) is 15.6. The summed E-state index contributed by atoms with van der Waals surface area (Å²) in [4.78, 5) is 15.5. The SMILES string of the molecule is O=C1/C(=C/c2ccco2)SC(=S)N1C1c2ccccc2Oc2ccccc21. The van der Waals surface area contributed by atoms with Gasteiger partial charge in [0.15, 0.2) is 0 Å². The van der Waals surface area contributed by atoms with E-state index in [1.54, 1.807) is 23.3 Å². The number of rotatable bonds is 2. The van der Waals surface area contributed by atoms with E-state index in [0.717, 1.165) is 22.6 Å². The van der Waals surface area contributed by atoms with E-state index in [4.69, 9.17) is 21.4 Å². The monoisotopic (exact) mass is 391 g/mol. The van der Waals surface area contributed by atoms with E-state index in [-0.39, 0.29) is 11.9 Å². The summed E-state index contributed by atoms with van der Waals surface area (Å²) in [5.41, 5.74) is 1.85. The van der Waals surface area contributed by atoms with Crippen molar-refractivity contribution in [2.24, 2.45) is 0 Å². The Balaban J connectivity index is 1.62. The predicted octanol–water partition coefficient (Wildman–Crippen LogP) is 5.38. The summed E-state index contributed by atoms with van der Waals surface area (Å²) in [6.45, 7) is 0. The number of hydrogen-bond acceptors (Lipinski definition) is 5. The number of benzene rings is 2. The highest BCUT2D eigenvalue weighted by atomic mass is 32.2. The summed E-state index contributed by atoms with van der Waals surface area (Å²) in [6, 6.07) is 18.8. The van der Waals surface area contributed by atoms with Gasteiger partial charge in [-0.2, -0.15) is 0 Å². The molecule has 6 heteroatoms. The second kappa shape index (κ2) is 6.40. The van der Waals surface area contributed by atoms with Gasteiger partial charge in [-0.1, -0.05) is 60.4 Å². The van der Waals surface area contributed by atoms with Gasteiger partial charge in [0, 0.05) is 17.2 Å². The van der Waals surface area contributed by atoms with Crippen molar-refractivity contribution in [3.8, 4) is 11.5 Å². The first kappa shape index (κ1) is 16.4. The van der Waals surface area contributed by atoms with Crippen LogP contribution in [0.5, 0.6) is 11.5 Å². The third kappa shape index (κ3) is 2.69. The molecule has 2 aliphatic rings. The standard InChI is InChI=1S/C21H13NO3S2/c23-20-18(12-13-6-5-11-24-13)27-21(26)22(20)19-14-7-1-3-9-16(14)25-17-10-4-2-8-15(17)19/h1-12,19H/b18-12-. The van der Waals surface area contributed by atoms with Crippen LogP contribution in [0.25, 0.3) is 6.08 Å². The molecule has 132 valence electrons. The molecule has 2 aliphatic heterocycles. The summed E-state index contributed by atoms with van der Waals surface area (Å²) < 4.78 is 11.9. The molecule has 0 spiro atoms. The van der Waals surface area contributed by atoms with Crippen molar-refractivity contribution in [2.45, 2.75) is 6.04 Å². The average Bonchev–Trinajstić information content (AvgIpc) is 3.29. The lowest BCUT2D eigenvalue weighted by atomic mass is 9.93. The number of amides is 1. The molecule has 4 nitrogen and oxygen atoms in total. The summed E-state index contributed by atoms with van der Waals surface area (Å²) >= 11 is 6.88. The molecule has 0 saturated carbocycles. The Labute approximate surface area is 165 Å². The molecule has 1 fully saturated rings. The van der Waals surface area contributed by atoms with Gasteiger partial charge < -0.3 is 9.15 Å². The minimum Gasteiger partial charge on any atom is -0.465 e. The Morgan fingerprint density at radius 2 is 1.63 bits per heavy atom. The van der Waals surface area contributed by atoms with Crippen molar-refractivity contribution in [3.63, 3.8) is 0 Å². The van der Waals surface area contributed by atoms with Gasteiger partial charge in [-0.3, -0.25) is 9.69 Å². The maximum atomic E-state index is 13.2. The molecule has 3 aromatic rings. The van der Waals surface area contributed by atoms with Crippen molar-refractivity contribution in [3.05, 3.63) is 88.7 Å². The molecule has 0 atom stereocenters. The number of nitrogens with zero attached hydrogens (tertiary/aromatic N) is 1. The maximum Gasteiger partial charge on any atom is 0.267 e. The highest BCUT2D eigenvalue weighted by Crippen LogP contribution is 2.49. The molecule has 0 aliphatic carbocycles. The summed E-state index contributed by atoms with van der Waals surface area (Å²) in [5.74, 6) is 1.98.